The molecule has 0 aliphatic heterocycles. The van der Waals surface area contributed by atoms with E-state index in [1.165, 1.54) is 23.1 Å². The molecule has 1 heterocycles. The maximum absolute atomic E-state index is 12.4. The first-order valence-electron chi connectivity index (χ1n) is 7.14. The van der Waals surface area contributed by atoms with Gasteiger partial charge in [-0.25, -0.2) is 0 Å². The van der Waals surface area contributed by atoms with Gasteiger partial charge in [0.05, 0.1) is 5.25 Å². The van der Waals surface area contributed by atoms with Crippen LogP contribution in [0.15, 0.2) is 46.8 Å². The molecule has 0 radical (unpaired) electrons. The van der Waals surface area contributed by atoms with Crippen LogP contribution in [0.3, 0.4) is 0 Å². The lowest BCUT2D eigenvalue weighted by molar-refractivity contribution is -0.115. The lowest BCUT2D eigenvalue weighted by Crippen LogP contribution is -2.22. The molecule has 1 amide bonds. The third kappa shape index (κ3) is 3.62. The molecular formula is C16H16N4OS2. The summed E-state index contributed by atoms with van der Waals surface area (Å²) in [6.45, 7) is 1.87. The fraction of sp³-hybridized carbons (Fsp3) is 0.188. The Morgan fingerprint density at radius 3 is 2.74 bits per heavy atom. The molecule has 0 aliphatic carbocycles. The molecule has 23 heavy (non-hydrogen) atoms. The van der Waals surface area contributed by atoms with Crippen molar-refractivity contribution in [3.05, 3.63) is 42.5 Å². The highest BCUT2D eigenvalue weighted by atomic mass is 32.2. The molecule has 3 aromatic rings. The van der Waals surface area contributed by atoms with Gasteiger partial charge in [-0.05, 0) is 18.4 Å². The van der Waals surface area contributed by atoms with E-state index in [1.54, 1.807) is 7.05 Å². The second-order valence-electron chi connectivity index (χ2n) is 4.90. The smallest absolute Gasteiger partial charge is 0.237 e. The largest absolute Gasteiger partial charge is 0.363 e. The summed E-state index contributed by atoms with van der Waals surface area (Å²) in [5, 5.41) is 16.6. The van der Waals surface area contributed by atoms with Crippen molar-refractivity contribution in [2.24, 2.45) is 0 Å². The van der Waals surface area contributed by atoms with Crippen LogP contribution in [-0.2, 0) is 4.79 Å². The van der Waals surface area contributed by atoms with Crippen molar-refractivity contribution in [3.63, 3.8) is 0 Å². The van der Waals surface area contributed by atoms with Crippen molar-refractivity contribution < 1.29 is 4.79 Å². The number of carbonyl (C=O) groups excluding carboxylic acids is 1. The number of nitrogens with one attached hydrogen (secondary N) is 2. The van der Waals surface area contributed by atoms with E-state index in [2.05, 4.69) is 20.8 Å². The standard InChI is InChI=1S/C16H16N4OS2/c1-10(22-16-20-19-15(17-2)23-16)14(21)18-13-9-5-7-11-6-3-4-8-12(11)13/h3-10H,1-2H3,(H,17,19)(H,18,21)/t10-/m1/s1. The normalized spacial score (nSPS) is 12.1. The van der Waals surface area contributed by atoms with Gasteiger partial charge in [-0.15, -0.1) is 10.2 Å². The number of amides is 1. The predicted molar refractivity (Wildman–Crippen MR) is 97.4 cm³/mol. The van der Waals surface area contributed by atoms with Crippen LogP contribution in [-0.4, -0.2) is 28.4 Å². The Morgan fingerprint density at radius 1 is 1.17 bits per heavy atom. The van der Waals surface area contributed by atoms with Gasteiger partial charge in [-0.2, -0.15) is 0 Å². The molecule has 0 unspecified atom stereocenters. The van der Waals surface area contributed by atoms with Crippen LogP contribution in [0, 0.1) is 0 Å². The van der Waals surface area contributed by atoms with E-state index in [9.17, 15) is 4.79 Å². The fourth-order valence-corrected chi connectivity index (χ4v) is 3.98. The summed E-state index contributed by atoms with van der Waals surface area (Å²) in [6, 6.07) is 13.9. The molecular weight excluding hydrogens is 328 g/mol. The average Bonchev–Trinajstić information content (AvgIpc) is 3.02. The Bertz CT molecular complexity index is 828. The molecule has 7 heteroatoms. The number of hydrogen-bond donors (Lipinski definition) is 2. The van der Waals surface area contributed by atoms with Gasteiger partial charge in [0.25, 0.3) is 0 Å². The summed E-state index contributed by atoms with van der Waals surface area (Å²) in [5.41, 5.74) is 0.828. The second kappa shape index (κ2) is 6.97. The third-order valence-corrected chi connectivity index (χ3v) is 5.44. The van der Waals surface area contributed by atoms with Crippen LogP contribution >= 0.6 is 23.1 Å². The van der Waals surface area contributed by atoms with Crippen molar-refractivity contribution in [1.82, 2.24) is 10.2 Å². The van der Waals surface area contributed by atoms with Crippen molar-refractivity contribution in [2.45, 2.75) is 16.5 Å². The first-order valence-corrected chi connectivity index (χ1v) is 8.83. The summed E-state index contributed by atoms with van der Waals surface area (Å²) in [6.07, 6.45) is 0. The Labute approximate surface area is 142 Å². The van der Waals surface area contributed by atoms with Gasteiger partial charge >= 0.3 is 0 Å². The number of hydrogen-bond acceptors (Lipinski definition) is 6. The summed E-state index contributed by atoms with van der Waals surface area (Å²) in [5.74, 6) is -0.0486. The highest BCUT2D eigenvalue weighted by molar-refractivity contribution is 8.02. The predicted octanol–water partition coefficient (Wildman–Crippen LogP) is 3.85. The zero-order chi connectivity index (χ0) is 16.2. The van der Waals surface area contributed by atoms with Gasteiger partial charge < -0.3 is 10.6 Å². The number of carbonyl (C=O) groups is 1. The van der Waals surface area contributed by atoms with E-state index in [0.29, 0.717) is 0 Å². The Kier molecular flexibility index (Phi) is 4.78. The van der Waals surface area contributed by atoms with Crippen LogP contribution in [0.2, 0.25) is 0 Å². The van der Waals surface area contributed by atoms with Crippen LogP contribution in [0.4, 0.5) is 10.8 Å². The molecule has 2 aromatic carbocycles. The molecule has 0 fully saturated rings. The molecule has 0 bridgehead atoms. The lowest BCUT2D eigenvalue weighted by Gasteiger charge is -2.12. The van der Waals surface area contributed by atoms with Gasteiger partial charge in [-0.1, -0.05) is 59.5 Å². The van der Waals surface area contributed by atoms with Gasteiger partial charge in [0, 0.05) is 18.1 Å². The highest BCUT2D eigenvalue weighted by Gasteiger charge is 2.17. The number of benzene rings is 2. The van der Waals surface area contributed by atoms with Crippen LogP contribution in [0.5, 0.6) is 0 Å². The molecule has 0 saturated carbocycles. The SMILES string of the molecule is CNc1nnc(S[C@H](C)C(=O)Nc2cccc3ccccc23)s1. The van der Waals surface area contributed by atoms with Gasteiger partial charge in [-0.3, -0.25) is 4.79 Å². The van der Waals surface area contributed by atoms with Crippen LogP contribution < -0.4 is 10.6 Å². The van der Waals surface area contributed by atoms with Crippen molar-refractivity contribution in [1.29, 1.82) is 0 Å². The van der Waals surface area contributed by atoms with Crippen molar-refractivity contribution >= 4 is 50.6 Å². The average molecular weight is 344 g/mol. The Hall–Kier alpha value is -2.12. The molecule has 1 aromatic heterocycles. The Morgan fingerprint density at radius 2 is 1.96 bits per heavy atom. The van der Waals surface area contributed by atoms with Crippen molar-refractivity contribution in [2.75, 3.05) is 17.7 Å². The molecule has 2 N–H and O–H groups in total. The molecule has 1 atom stereocenters. The number of thioether (sulfide) groups is 1. The number of aromatic nitrogens is 2. The minimum atomic E-state index is -0.258. The molecule has 3 rings (SSSR count). The minimum absolute atomic E-state index is 0.0486. The summed E-state index contributed by atoms with van der Waals surface area (Å²) >= 11 is 2.84. The highest BCUT2D eigenvalue weighted by Crippen LogP contribution is 2.30. The maximum Gasteiger partial charge on any atom is 0.237 e. The van der Waals surface area contributed by atoms with Crippen LogP contribution in [0.25, 0.3) is 10.8 Å². The lowest BCUT2D eigenvalue weighted by atomic mass is 10.1. The maximum atomic E-state index is 12.4. The molecule has 5 nitrogen and oxygen atoms in total. The second-order valence-corrected chi connectivity index (χ2v) is 7.46. The minimum Gasteiger partial charge on any atom is -0.363 e. The van der Waals surface area contributed by atoms with E-state index in [0.717, 1.165) is 25.9 Å². The fourth-order valence-electron chi connectivity index (χ4n) is 2.13. The summed E-state index contributed by atoms with van der Waals surface area (Å²) in [4.78, 5) is 12.4. The number of rotatable bonds is 5. The third-order valence-electron chi connectivity index (χ3n) is 3.31. The number of nitrogens with zero attached hydrogens (tertiary/aromatic N) is 2. The summed E-state index contributed by atoms with van der Waals surface area (Å²) in [7, 11) is 1.80. The molecule has 0 saturated heterocycles. The van der Waals surface area contributed by atoms with Crippen LogP contribution in [0.1, 0.15) is 6.92 Å². The van der Waals surface area contributed by atoms with Gasteiger partial charge in [0.1, 0.15) is 0 Å². The monoisotopic (exact) mass is 344 g/mol. The zero-order valence-corrected chi connectivity index (χ0v) is 14.4. The Balaban J connectivity index is 1.72. The van der Waals surface area contributed by atoms with Gasteiger partial charge in [0.2, 0.25) is 11.0 Å². The van der Waals surface area contributed by atoms with E-state index in [4.69, 9.17) is 0 Å². The van der Waals surface area contributed by atoms with E-state index in [1.807, 2.05) is 49.4 Å². The zero-order valence-electron chi connectivity index (χ0n) is 12.7. The number of anilines is 2. The van der Waals surface area contributed by atoms with E-state index in [-0.39, 0.29) is 11.2 Å². The first-order chi connectivity index (χ1) is 11.2. The molecule has 0 spiro atoms. The summed E-state index contributed by atoms with van der Waals surface area (Å²) < 4.78 is 0.773. The topological polar surface area (TPSA) is 66.9 Å². The quantitative estimate of drug-likeness (QED) is 0.688. The van der Waals surface area contributed by atoms with Crippen molar-refractivity contribution in [3.8, 4) is 0 Å². The van der Waals surface area contributed by atoms with Gasteiger partial charge in [0.15, 0.2) is 4.34 Å². The molecule has 118 valence electrons. The number of fused-ring (bicyclic) bond motifs is 1. The first kappa shape index (κ1) is 15.8. The molecule has 0 aliphatic rings. The van der Waals surface area contributed by atoms with E-state index < -0.39 is 0 Å². The van der Waals surface area contributed by atoms with E-state index >= 15 is 0 Å².